The van der Waals surface area contributed by atoms with Gasteiger partial charge in [-0.15, -0.1) is 0 Å². The van der Waals surface area contributed by atoms with Gasteiger partial charge in [0.15, 0.2) is 0 Å². The molecule has 1 aromatic carbocycles. The largest absolute Gasteiger partial charge is 0.366 e. The molecule has 0 fully saturated rings. The van der Waals surface area contributed by atoms with Gasteiger partial charge in [0.2, 0.25) is 5.91 Å². The van der Waals surface area contributed by atoms with E-state index in [1.165, 1.54) is 0 Å². The fourth-order valence-corrected chi connectivity index (χ4v) is 1.94. The second-order valence-corrected chi connectivity index (χ2v) is 4.07. The quantitative estimate of drug-likeness (QED) is 0.854. The Labute approximate surface area is 101 Å². The number of hydrogen-bond acceptors (Lipinski definition) is 3. The summed E-state index contributed by atoms with van der Waals surface area (Å²) in [6, 6.07) is 10.0. The van der Waals surface area contributed by atoms with Crippen LogP contribution in [0.1, 0.15) is 13.3 Å². The Bertz CT molecular complexity index is 428. The zero-order valence-corrected chi connectivity index (χ0v) is 9.97. The van der Waals surface area contributed by atoms with Crippen molar-refractivity contribution in [3.63, 3.8) is 0 Å². The van der Waals surface area contributed by atoms with Crippen LogP contribution >= 0.6 is 0 Å². The fourth-order valence-electron chi connectivity index (χ4n) is 1.94. The Kier molecular flexibility index (Phi) is 3.32. The first-order valence-corrected chi connectivity index (χ1v) is 5.82. The average Bonchev–Trinajstić information content (AvgIpc) is 2.75. The molecule has 4 nitrogen and oxygen atoms in total. The van der Waals surface area contributed by atoms with Crippen molar-refractivity contribution in [1.29, 1.82) is 0 Å². The minimum atomic E-state index is -0.343. The van der Waals surface area contributed by atoms with Gasteiger partial charge in [-0.1, -0.05) is 25.1 Å². The summed E-state index contributed by atoms with van der Waals surface area (Å²) in [5.74, 6) is -0.343. The molecule has 0 bridgehead atoms. The van der Waals surface area contributed by atoms with Crippen LogP contribution in [-0.4, -0.2) is 24.0 Å². The molecule has 1 aliphatic heterocycles. The van der Waals surface area contributed by atoms with Gasteiger partial charge in [0, 0.05) is 12.7 Å². The standard InChI is InChI=1S/C13H17N3O/c1-2-8-15-9-11(13(14)17)10-16(15)12-6-4-3-5-7-12/h3-7,9H,2,8,10H2,1H3,(H2,14,17). The van der Waals surface area contributed by atoms with E-state index in [1.54, 1.807) is 0 Å². The Balaban J connectivity index is 2.21. The number of rotatable bonds is 4. The molecule has 0 aromatic heterocycles. The summed E-state index contributed by atoms with van der Waals surface area (Å²) in [7, 11) is 0. The van der Waals surface area contributed by atoms with E-state index in [2.05, 4.69) is 16.9 Å². The molecule has 0 atom stereocenters. The Hall–Kier alpha value is -1.97. The lowest BCUT2D eigenvalue weighted by molar-refractivity contribution is -0.114. The first-order chi connectivity index (χ1) is 8.22. The van der Waals surface area contributed by atoms with E-state index in [1.807, 2.05) is 36.5 Å². The Morgan fingerprint density at radius 2 is 2.06 bits per heavy atom. The number of nitrogens with zero attached hydrogens (tertiary/aromatic N) is 2. The van der Waals surface area contributed by atoms with Crippen molar-refractivity contribution >= 4 is 11.6 Å². The van der Waals surface area contributed by atoms with Crippen LogP contribution in [-0.2, 0) is 4.79 Å². The third-order valence-corrected chi connectivity index (χ3v) is 2.76. The van der Waals surface area contributed by atoms with E-state index in [0.29, 0.717) is 12.1 Å². The number of amides is 1. The van der Waals surface area contributed by atoms with Crippen LogP contribution in [0.25, 0.3) is 0 Å². The average molecular weight is 231 g/mol. The molecule has 17 heavy (non-hydrogen) atoms. The van der Waals surface area contributed by atoms with Gasteiger partial charge in [-0.05, 0) is 18.6 Å². The molecule has 1 amide bonds. The van der Waals surface area contributed by atoms with Crippen molar-refractivity contribution in [3.8, 4) is 0 Å². The fraction of sp³-hybridized carbons (Fsp3) is 0.308. The number of hydrogen-bond donors (Lipinski definition) is 1. The molecule has 2 N–H and O–H groups in total. The number of benzene rings is 1. The predicted octanol–water partition coefficient (Wildman–Crippen LogP) is 1.50. The molecule has 2 rings (SSSR count). The maximum atomic E-state index is 11.2. The van der Waals surface area contributed by atoms with Crippen LogP contribution in [0.3, 0.4) is 0 Å². The van der Waals surface area contributed by atoms with Crippen molar-refractivity contribution in [2.75, 3.05) is 18.1 Å². The molecule has 0 saturated carbocycles. The van der Waals surface area contributed by atoms with Crippen molar-refractivity contribution < 1.29 is 4.79 Å². The van der Waals surface area contributed by atoms with Crippen LogP contribution in [0, 0.1) is 0 Å². The summed E-state index contributed by atoms with van der Waals surface area (Å²) >= 11 is 0. The molecule has 0 aliphatic carbocycles. The van der Waals surface area contributed by atoms with Crippen molar-refractivity contribution in [1.82, 2.24) is 5.01 Å². The van der Waals surface area contributed by atoms with Gasteiger partial charge in [0.25, 0.3) is 0 Å². The SMILES string of the molecule is CCCN1C=C(C(N)=O)CN1c1ccccc1. The number of nitrogens with two attached hydrogens (primary N) is 1. The van der Waals surface area contributed by atoms with Crippen molar-refractivity contribution in [2.24, 2.45) is 5.73 Å². The lowest BCUT2D eigenvalue weighted by Gasteiger charge is -2.30. The topological polar surface area (TPSA) is 49.6 Å². The zero-order chi connectivity index (χ0) is 12.3. The van der Waals surface area contributed by atoms with Crippen LogP contribution < -0.4 is 10.7 Å². The molecular formula is C13H17N3O. The molecule has 1 heterocycles. The molecule has 0 spiro atoms. The lowest BCUT2D eigenvalue weighted by atomic mass is 10.2. The summed E-state index contributed by atoms with van der Waals surface area (Å²) in [5.41, 5.74) is 7.07. The summed E-state index contributed by atoms with van der Waals surface area (Å²) < 4.78 is 0. The molecule has 1 aliphatic rings. The van der Waals surface area contributed by atoms with Gasteiger partial charge >= 0.3 is 0 Å². The molecule has 0 unspecified atom stereocenters. The van der Waals surface area contributed by atoms with E-state index in [-0.39, 0.29) is 5.91 Å². The number of hydrazine groups is 1. The van der Waals surface area contributed by atoms with Crippen LogP contribution in [0.15, 0.2) is 42.1 Å². The maximum Gasteiger partial charge on any atom is 0.248 e. The minimum absolute atomic E-state index is 0.343. The molecule has 4 heteroatoms. The van der Waals surface area contributed by atoms with E-state index >= 15 is 0 Å². The maximum absolute atomic E-state index is 11.2. The summed E-state index contributed by atoms with van der Waals surface area (Å²) in [6.07, 6.45) is 2.87. The van der Waals surface area contributed by atoms with E-state index < -0.39 is 0 Å². The third kappa shape index (κ3) is 2.41. The first kappa shape index (κ1) is 11.5. The van der Waals surface area contributed by atoms with Crippen LogP contribution in [0.2, 0.25) is 0 Å². The lowest BCUT2D eigenvalue weighted by Crippen LogP contribution is -2.36. The summed E-state index contributed by atoms with van der Waals surface area (Å²) in [5, 5.41) is 4.12. The molecule has 0 radical (unpaired) electrons. The van der Waals surface area contributed by atoms with E-state index in [9.17, 15) is 4.79 Å². The predicted molar refractivity (Wildman–Crippen MR) is 68.1 cm³/mol. The van der Waals surface area contributed by atoms with E-state index in [0.717, 1.165) is 18.7 Å². The Morgan fingerprint density at radius 3 is 2.65 bits per heavy atom. The van der Waals surface area contributed by atoms with Crippen molar-refractivity contribution in [2.45, 2.75) is 13.3 Å². The second kappa shape index (κ2) is 4.91. The zero-order valence-electron chi connectivity index (χ0n) is 9.97. The number of primary amides is 1. The highest BCUT2D eigenvalue weighted by molar-refractivity contribution is 5.93. The third-order valence-electron chi connectivity index (χ3n) is 2.76. The smallest absolute Gasteiger partial charge is 0.248 e. The van der Waals surface area contributed by atoms with Gasteiger partial charge in [-0.25, -0.2) is 0 Å². The highest BCUT2D eigenvalue weighted by Gasteiger charge is 2.24. The van der Waals surface area contributed by atoms with Gasteiger partial charge in [-0.3, -0.25) is 14.8 Å². The highest BCUT2D eigenvalue weighted by atomic mass is 16.1. The highest BCUT2D eigenvalue weighted by Crippen LogP contribution is 2.23. The number of anilines is 1. The Morgan fingerprint density at radius 1 is 1.35 bits per heavy atom. The normalized spacial score (nSPS) is 15.0. The van der Waals surface area contributed by atoms with Gasteiger partial charge in [-0.2, -0.15) is 0 Å². The first-order valence-electron chi connectivity index (χ1n) is 5.82. The monoisotopic (exact) mass is 231 g/mol. The summed E-state index contributed by atoms with van der Waals surface area (Å²) in [4.78, 5) is 11.2. The second-order valence-electron chi connectivity index (χ2n) is 4.07. The van der Waals surface area contributed by atoms with Crippen LogP contribution in [0.4, 0.5) is 5.69 Å². The minimum Gasteiger partial charge on any atom is -0.366 e. The van der Waals surface area contributed by atoms with Gasteiger partial charge in [0.05, 0.1) is 17.8 Å². The van der Waals surface area contributed by atoms with E-state index in [4.69, 9.17) is 5.73 Å². The van der Waals surface area contributed by atoms with Crippen LogP contribution in [0.5, 0.6) is 0 Å². The molecule has 1 aromatic rings. The van der Waals surface area contributed by atoms with Crippen molar-refractivity contribution in [3.05, 3.63) is 42.1 Å². The molecule has 0 saturated heterocycles. The van der Waals surface area contributed by atoms with Gasteiger partial charge in [0.1, 0.15) is 0 Å². The number of carbonyl (C=O) groups excluding carboxylic acids is 1. The van der Waals surface area contributed by atoms with Gasteiger partial charge < -0.3 is 5.73 Å². The number of para-hydroxylation sites is 1. The molecule has 90 valence electrons. The number of carbonyl (C=O) groups is 1. The summed E-state index contributed by atoms with van der Waals surface area (Å²) in [6.45, 7) is 3.55. The molecular weight excluding hydrogens is 214 g/mol.